The SMILES string of the molecule is COc1ccc([C@H](C)NC(=O)CCc2ccc(S(=O)(=O)NCC(C)C)cc2)cc1. The van der Waals surface area contributed by atoms with Gasteiger partial charge in [-0.15, -0.1) is 0 Å². The number of nitrogens with one attached hydrogen (secondary N) is 2. The highest BCUT2D eigenvalue weighted by Gasteiger charge is 2.14. The fourth-order valence-corrected chi connectivity index (χ4v) is 3.96. The Kier molecular flexibility index (Phi) is 8.22. The molecule has 0 aliphatic heterocycles. The summed E-state index contributed by atoms with van der Waals surface area (Å²) in [6.45, 7) is 6.23. The Hall–Kier alpha value is -2.38. The van der Waals surface area contributed by atoms with Crippen LogP contribution >= 0.6 is 0 Å². The summed E-state index contributed by atoms with van der Waals surface area (Å²) in [5.41, 5.74) is 1.92. The predicted octanol–water partition coefficient (Wildman–Crippen LogP) is 3.44. The van der Waals surface area contributed by atoms with Crippen LogP contribution in [0, 0.1) is 5.92 Å². The lowest BCUT2D eigenvalue weighted by molar-refractivity contribution is -0.121. The standard InChI is InChI=1S/C22H30N2O4S/c1-16(2)15-23-29(26,27)21-12-5-18(6-13-21)7-14-22(25)24-17(3)19-8-10-20(28-4)11-9-19/h5-6,8-13,16-17,23H,7,14-15H2,1-4H3,(H,24,25)/t17-/m0/s1. The molecule has 2 N–H and O–H groups in total. The van der Waals surface area contributed by atoms with Crippen LogP contribution in [0.1, 0.15) is 44.4 Å². The molecular weight excluding hydrogens is 388 g/mol. The van der Waals surface area contributed by atoms with Gasteiger partial charge in [0.05, 0.1) is 18.0 Å². The van der Waals surface area contributed by atoms with Gasteiger partial charge >= 0.3 is 0 Å². The molecule has 0 radical (unpaired) electrons. The molecule has 0 saturated carbocycles. The molecule has 1 amide bonds. The van der Waals surface area contributed by atoms with E-state index in [1.165, 1.54) is 0 Å². The van der Waals surface area contributed by atoms with Crippen molar-refractivity contribution in [3.63, 3.8) is 0 Å². The smallest absolute Gasteiger partial charge is 0.240 e. The van der Waals surface area contributed by atoms with Crippen molar-refractivity contribution in [2.45, 2.75) is 44.6 Å². The second-order valence-electron chi connectivity index (χ2n) is 7.45. The summed E-state index contributed by atoms with van der Waals surface area (Å²) in [7, 11) is -1.88. The Bertz CT molecular complexity index is 891. The number of carbonyl (C=O) groups excluding carboxylic acids is 1. The van der Waals surface area contributed by atoms with Gasteiger partial charge in [-0.2, -0.15) is 0 Å². The summed E-state index contributed by atoms with van der Waals surface area (Å²) < 4.78 is 32.2. The van der Waals surface area contributed by atoms with E-state index in [0.29, 0.717) is 19.4 Å². The maximum Gasteiger partial charge on any atom is 0.240 e. The molecule has 158 valence electrons. The van der Waals surface area contributed by atoms with E-state index in [-0.39, 0.29) is 22.8 Å². The first-order valence-corrected chi connectivity index (χ1v) is 11.2. The molecular formula is C22H30N2O4S. The molecule has 2 aromatic rings. The molecule has 0 bridgehead atoms. The number of rotatable bonds is 10. The van der Waals surface area contributed by atoms with Crippen LogP contribution in [-0.2, 0) is 21.2 Å². The number of carbonyl (C=O) groups is 1. The third-order valence-electron chi connectivity index (χ3n) is 4.55. The van der Waals surface area contributed by atoms with Crippen molar-refractivity contribution >= 4 is 15.9 Å². The molecule has 0 heterocycles. The van der Waals surface area contributed by atoms with Gasteiger partial charge in [0.2, 0.25) is 15.9 Å². The van der Waals surface area contributed by atoms with E-state index >= 15 is 0 Å². The van der Waals surface area contributed by atoms with Gasteiger partial charge in [0.25, 0.3) is 0 Å². The van der Waals surface area contributed by atoms with Gasteiger partial charge in [0, 0.05) is 13.0 Å². The minimum absolute atomic E-state index is 0.0522. The molecule has 0 spiro atoms. The molecule has 0 saturated heterocycles. The van der Waals surface area contributed by atoms with Gasteiger partial charge < -0.3 is 10.1 Å². The topological polar surface area (TPSA) is 84.5 Å². The van der Waals surface area contributed by atoms with Crippen molar-refractivity contribution in [2.24, 2.45) is 5.92 Å². The van der Waals surface area contributed by atoms with Crippen LogP contribution in [0.2, 0.25) is 0 Å². The maximum absolute atomic E-state index is 12.3. The second-order valence-corrected chi connectivity index (χ2v) is 9.22. The van der Waals surface area contributed by atoms with Crippen molar-refractivity contribution in [3.8, 4) is 5.75 Å². The van der Waals surface area contributed by atoms with E-state index in [2.05, 4.69) is 10.0 Å². The molecule has 29 heavy (non-hydrogen) atoms. The molecule has 2 aromatic carbocycles. The highest BCUT2D eigenvalue weighted by molar-refractivity contribution is 7.89. The molecule has 0 unspecified atom stereocenters. The second kappa shape index (κ2) is 10.4. The molecule has 6 nitrogen and oxygen atoms in total. The number of methoxy groups -OCH3 is 1. The van der Waals surface area contributed by atoms with E-state index in [9.17, 15) is 13.2 Å². The number of hydrogen-bond donors (Lipinski definition) is 2. The molecule has 0 fully saturated rings. The highest BCUT2D eigenvalue weighted by atomic mass is 32.2. The third kappa shape index (κ3) is 7.18. The van der Waals surface area contributed by atoms with Crippen LogP contribution in [0.3, 0.4) is 0 Å². The molecule has 0 aliphatic rings. The lowest BCUT2D eigenvalue weighted by Gasteiger charge is -2.15. The third-order valence-corrected chi connectivity index (χ3v) is 5.99. The fourth-order valence-electron chi connectivity index (χ4n) is 2.74. The van der Waals surface area contributed by atoms with Crippen molar-refractivity contribution in [1.82, 2.24) is 10.0 Å². The number of hydrogen-bond acceptors (Lipinski definition) is 4. The van der Waals surface area contributed by atoms with Crippen LogP contribution in [0.4, 0.5) is 0 Å². The first-order valence-electron chi connectivity index (χ1n) is 9.73. The highest BCUT2D eigenvalue weighted by Crippen LogP contribution is 2.18. The summed E-state index contributed by atoms with van der Waals surface area (Å²) in [6, 6.07) is 14.1. The number of benzene rings is 2. The zero-order valence-electron chi connectivity index (χ0n) is 17.4. The lowest BCUT2D eigenvalue weighted by atomic mass is 10.1. The molecule has 7 heteroatoms. The first kappa shape index (κ1) is 22.9. The zero-order valence-corrected chi connectivity index (χ0v) is 18.3. The largest absolute Gasteiger partial charge is 0.497 e. The van der Waals surface area contributed by atoms with Crippen LogP contribution in [0.25, 0.3) is 0 Å². The Labute approximate surface area is 173 Å². The number of ether oxygens (including phenoxy) is 1. The maximum atomic E-state index is 12.3. The Morgan fingerprint density at radius 1 is 1.00 bits per heavy atom. The number of sulfonamides is 1. The van der Waals surface area contributed by atoms with E-state index in [1.54, 1.807) is 31.4 Å². The minimum Gasteiger partial charge on any atom is -0.497 e. The van der Waals surface area contributed by atoms with E-state index in [4.69, 9.17) is 4.74 Å². The molecule has 2 rings (SSSR count). The van der Waals surface area contributed by atoms with E-state index < -0.39 is 10.0 Å². The Balaban J connectivity index is 1.86. The van der Waals surface area contributed by atoms with Crippen molar-refractivity contribution < 1.29 is 17.9 Å². The predicted molar refractivity (Wildman–Crippen MR) is 114 cm³/mol. The Morgan fingerprint density at radius 2 is 1.62 bits per heavy atom. The number of aryl methyl sites for hydroxylation is 1. The van der Waals surface area contributed by atoms with Gasteiger partial charge in [0.15, 0.2) is 0 Å². The lowest BCUT2D eigenvalue weighted by Crippen LogP contribution is -2.27. The van der Waals surface area contributed by atoms with Gasteiger partial charge in [-0.3, -0.25) is 4.79 Å². The van der Waals surface area contributed by atoms with Crippen molar-refractivity contribution in [3.05, 3.63) is 59.7 Å². The monoisotopic (exact) mass is 418 g/mol. The van der Waals surface area contributed by atoms with Gasteiger partial charge in [-0.1, -0.05) is 38.1 Å². The molecule has 1 atom stereocenters. The van der Waals surface area contributed by atoms with Crippen LogP contribution in [0.5, 0.6) is 5.75 Å². The average Bonchev–Trinajstić information content (AvgIpc) is 2.71. The summed E-state index contributed by atoms with van der Waals surface area (Å²) in [4.78, 5) is 12.5. The molecule has 0 aromatic heterocycles. The van der Waals surface area contributed by atoms with Crippen LogP contribution < -0.4 is 14.8 Å². The van der Waals surface area contributed by atoms with Crippen LogP contribution in [-0.4, -0.2) is 28.0 Å². The zero-order chi connectivity index (χ0) is 21.4. The van der Waals surface area contributed by atoms with Crippen molar-refractivity contribution in [2.75, 3.05) is 13.7 Å². The van der Waals surface area contributed by atoms with Crippen LogP contribution in [0.15, 0.2) is 53.4 Å². The first-order chi connectivity index (χ1) is 13.7. The summed E-state index contributed by atoms with van der Waals surface area (Å²) in [5.74, 6) is 0.962. The average molecular weight is 419 g/mol. The Morgan fingerprint density at radius 3 is 2.17 bits per heavy atom. The summed E-state index contributed by atoms with van der Waals surface area (Å²) in [5, 5.41) is 2.98. The van der Waals surface area contributed by atoms with Gasteiger partial charge in [-0.25, -0.2) is 13.1 Å². The van der Waals surface area contributed by atoms with E-state index in [1.807, 2.05) is 45.0 Å². The molecule has 0 aliphatic carbocycles. The van der Waals surface area contributed by atoms with Gasteiger partial charge in [-0.05, 0) is 54.7 Å². The van der Waals surface area contributed by atoms with Gasteiger partial charge in [0.1, 0.15) is 5.75 Å². The number of amides is 1. The van der Waals surface area contributed by atoms with Crippen molar-refractivity contribution in [1.29, 1.82) is 0 Å². The van der Waals surface area contributed by atoms with E-state index in [0.717, 1.165) is 16.9 Å². The fraction of sp³-hybridized carbons (Fsp3) is 0.409. The quantitative estimate of drug-likeness (QED) is 0.619. The summed E-state index contributed by atoms with van der Waals surface area (Å²) in [6.07, 6.45) is 0.874. The minimum atomic E-state index is -3.49. The normalized spacial score (nSPS) is 12.6. The summed E-state index contributed by atoms with van der Waals surface area (Å²) >= 11 is 0.